The van der Waals surface area contributed by atoms with E-state index in [2.05, 4.69) is 10.3 Å². The zero-order valence-corrected chi connectivity index (χ0v) is 10.5. The van der Waals surface area contributed by atoms with Crippen LogP contribution in [0, 0.1) is 0 Å². The number of Topliss-reactive ketones (excluding diaryl/α,β-unsaturated/α-hetero) is 1. The summed E-state index contributed by atoms with van der Waals surface area (Å²) in [6.07, 6.45) is 2.46. The maximum absolute atomic E-state index is 12.0. The summed E-state index contributed by atoms with van der Waals surface area (Å²) in [6.45, 7) is 0. The number of carbonyl (C=O) groups is 2. The molecule has 0 radical (unpaired) electrons. The van der Waals surface area contributed by atoms with Crippen LogP contribution in [-0.4, -0.2) is 20.5 Å². The molecule has 2 rings (SSSR count). The molecule has 0 spiro atoms. The fraction of sp³-hybridized carbons (Fsp3) is 0.100. The molecule has 0 aromatic carbocycles. The number of nitrogens with one attached hydrogen (secondary N) is 1. The summed E-state index contributed by atoms with van der Waals surface area (Å²) in [5.74, 6) is -0.931. The summed E-state index contributed by atoms with van der Waals surface area (Å²) in [5, 5.41) is 2.45. The molecule has 0 saturated heterocycles. The number of carbonyl (C=O) groups excluding carboxylic acids is 2. The molecule has 0 unspecified atom stereocenters. The van der Waals surface area contributed by atoms with Crippen molar-refractivity contribution in [1.82, 2.24) is 4.98 Å². The molecule has 0 bridgehead atoms. The Bertz CT molecular complexity index is 535. The van der Waals surface area contributed by atoms with Crippen molar-refractivity contribution >= 4 is 52.3 Å². The molecule has 88 valence electrons. The first kappa shape index (κ1) is 12.4. The number of hydrogen-bond donors (Lipinski definition) is 1. The molecule has 1 aliphatic rings. The average molecular weight is 292 g/mol. The summed E-state index contributed by atoms with van der Waals surface area (Å²) >= 11 is 16.6. The standard InChI is InChI=1S/C10H5Cl3N2O2/c11-10(12,13)4-6-7(16)5-2-1-3-14-8(5)15-9(6)17/h1-4H,(H,14,15,17)/b6-4-. The van der Waals surface area contributed by atoms with Crippen LogP contribution in [0.4, 0.5) is 5.82 Å². The van der Waals surface area contributed by atoms with Crippen molar-refractivity contribution in [2.24, 2.45) is 0 Å². The van der Waals surface area contributed by atoms with Gasteiger partial charge in [-0.25, -0.2) is 4.98 Å². The third-order valence-electron chi connectivity index (χ3n) is 2.08. The highest BCUT2D eigenvalue weighted by molar-refractivity contribution is 6.69. The van der Waals surface area contributed by atoms with Gasteiger partial charge in [0.25, 0.3) is 5.91 Å². The van der Waals surface area contributed by atoms with Gasteiger partial charge in [0.15, 0.2) is 0 Å². The first-order chi connectivity index (χ1) is 7.88. The second-order valence-electron chi connectivity index (χ2n) is 3.28. The maximum atomic E-state index is 12.0. The number of nitrogens with zero attached hydrogens (tertiary/aromatic N) is 1. The lowest BCUT2D eigenvalue weighted by molar-refractivity contribution is -0.112. The number of hydrogen-bond acceptors (Lipinski definition) is 3. The van der Waals surface area contributed by atoms with Crippen molar-refractivity contribution in [1.29, 1.82) is 0 Å². The number of anilines is 1. The molecule has 1 aromatic heterocycles. The second-order valence-corrected chi connectivity index (χ2v) is 5.65. The molecule has 1 aromatic rings. The number of aromatic nitrogens is 1. The van der Waals surface area contributed by atoms with Gasteiger partial charge in [0.2, 0.25) is 9.58 Å². The number of alkyl halides is 3. The van der Waals surface area contributed by atoms with Gasteiger partial charge in [-0.05, 0) is 18.2 Å². The van der Waals surface area contributed by atoms with E-state index in [9.17, 15) is 9.59 Å². The topological polar surface area (TPSA) is 59.1 Å². The van der Waals surface area contributed by atoms with Crippen LogP contribution in [0.25, 0.3) is 0 Å². The normalized spacial score (nSPS) is 17.9. The summed E-state index contributed by atoms with van der Waals surface area (Å²) < 4.78 is -1.80. The van der Waals surface area contributed by atoms with E-state index >= 15 is 0 Å². The smallest absolute Gasteiger partial charge is 0.260 e. The molecule has 1 N–H and O–H groups in total. The Morgan fingerprint density at radius 1 is 1.29 bits per heavy atom. The molecule has 0 atom stereocenters. The molecule has 2 heterocycles. The number of allylic oxidation sites excluding steroid dienone is 1. The molecular formula is C10H5Cl3N2O2. The fourth-order valence-electron chi connectivity index (χ4n) is 1.41. The summed E-state index contributed by atoms with van der Waals surface area (Å²) in [6, 6.07) is 3.12. The lowest BCUT2D eigenvalue weighted by Crippen LogP contribution is -2.29. The van der Waals surface area contributed by atoms with Crippen LogP contribution >= 0.6 is 34.8 Å². The average Bonchev–Trinajstić information content (AvgIpc) is 2.23. The van der Waals surface area contributed by atoms with Crippen LogP contribution < -0.4 is 5.32 Å². The van der Waals surface area contributed by atoms with Crippen molar-refractivity contribution in [3.05, 3.63) is 35.5 Å². The number of fused-ring (bicyclic) bond motifs is 1. The van der Waals surface area contributed by atoms with Gasteiger partial charge in [0, 0.05) is 6.20 Å². The van der Waals surface area contributed by atoms with E-state index in [0.717, 1.165) is 6.08 Å². The number of halogens is 3. The monoisotopic (exact) mass is 290 g/mol. The molecule has 1 aliphatic heterocycles. The Labute approximate surface area is 112 Å². The van der Waals surface area contributed by atoms with Crippen molar-refractivity contribution in [2.45, 2.75) is 3.79 Å². The predicted octanol–water partition coefficient (Wildman–Crippen LogP) is 2.51. The van der Waals surface area contributed by atoms with Crippen molar-refractivity contribution in [3.63, 3.8) is 0 Å². The summed E-state index contributed by atoms with van der Waals surface area (Å²) in [4.78, 5) is 27.5. The highest BCUT2D eigenvalue weighted by atomic mass is 35.6. The lowest BCUT2D eigenvalue weighted by Gasteiger charge is -2.17. The van der Waals surface area contributed by atoms with Gasteiger partial charge < -0.3 is 5.32 Å². The van der Waals surface area contributed by atoms with Gasteiger partial charge in [-0.1, -0.05) is 34.8 Å². The van der Waals surface area contributed by atoms with Crippen LogP contribution in [0.3, 0.4) is 0 Å². The van der Waals surface area contributed by atoms with Crippen molar-refractivity contribution in [2.75, 3.05) is 5.32 Å². The second kappa shape index (κ2) is 4.29. The van der Waals surface area contributed by atoms with Crippen LogP contribution in [0.5, 0.6) is 0 Å². The molecule has 17 heavy (non-hydrogen) atoms. The van der Waals surface area contributed by atoms with E-state index in [4.69, 9.17) is 34.8 Å². The number of rotatable bonds is 0. The summed E-state index contributed by atoms with van der Waals surface area (Å²) in [7, 11) is 0. The number of pyridine rings is 1. The van der Waals surface area contributed by atoms with Gasteiger partial charge in [0.05, 0.1) is 11.1 Å². The van der Waals surface area contributed by atoms with Crippen LogP contribution in [0.2, 0.25) is 0 Å². The van der Waals surface area contributed by atoms with E-state index in [-0.39, 0.29) is 17.0 Å². The van der Waals surface area contributed by atoms with Gasteiger partial charge in [0.1, 0.15) is 5.82 Å². The van der Waals surface area contributed by atoms with E-state index < -0.39 is 15.5 Å². The molecule has 4 nitrogen and oxygen atoms in total. The first-order valence-electron chi connectivity index (χ1n) is 4.49. The molecule has 0 aliphatic carbocycles. The molecule has 1 amide bonds. The van der Waals surface area contributed by atoms with E-state index in [1.165, 1.54) is 12.3 Å². The van der Waals surface area contributed by atoms with E-state index in [0.29, 0.717) is 0 Å². The van der Waals surface area contributed by atoms with Crippen molar-refractivity contribution in [3.8, 4) is 0 Å². The van der Waals surface area contributed by atoms with Crippen LogP contribution in [-0.2, 0) is 4.79 Å². The SMILES string of the molecule is O=C1Nc2ncccc2C(=O)/C1=C/C(Cl)(Cl)Cl. The quantitative estimate of drug-likeness (QED) is 0.454. The van der Waals surface area contributed by atoms with Gasteiger partial charge in [-0.3, -0.25) is 9.59 Å². The molecule has 0 fully saturated rings. The largest absolute Gasteiger partial charge is 0.306 e. The Morgan fingerprint density at radius 3 is 2.65 bits per heavy atom. The molecular weight excluding hydrogens is 286 g/mol. The van der Waals surface area contributed by atoms with E-state index in [1.807, 2.05) is 0 Å². The minimum absolute atomic E-state index is 0.203. The predicted molar refractivity (Wildman–Crippen MR) is 65.6 cm³/mol. The zero-order chi connectivity index (χ0) is 12.6. The Balaban J connectivity index is 2.51. The zero-order valence-electron chi connectivity index (χ0n) is 8.21. The lowest BCUT2D eigenvalue weighted by atomic mass is 9.99. The maximum Gasteiger partial charge on any atom is 0.260 e. The Morgan fingerprint density at radius 2 is 2.00 bits per heavy atom. The highest BCUT2D eigenvalue weighted by Gasteiger charge is 2.32. The first-order valence-corrected chi connectivity index (χ1v) is 5.62. The Hall–Kier alpha value is -1.10. The van der Waals surface area contributed by atoms with Gasteiger partial charge >= 0.3 is 0 Å². The Kier molecular flexibility index (Phi) is 3.12. The van der Waals surface area contributed by atoms with Gasteiger partial charge in [-0.15, -0.1) is 0 Å². The third kappa shape index (κ3) is 2.60. The minimum atomic E-state index is -1.80. The fourth-order valence-corrected chi connectivity index (χ4v) is 1.73. The van der Waals surface area contributed by atoms with Crippen LogP contribution in [0.15, 0.2) is 30.0 Å². The highest BCUT2D eigenvalue weighted by Crippen LogP contribution is 2.32. The van der Waals surface area contributed by atoms with E-state index in [1.54, 1.807) is 6.07 Å². The van der Waals surface area contributed by atoms with Gasteiger partial charge in [-0.2, -0.15) is 0 Å². The number of amides is 1. The van der Waals surface area contributed by atoms with Crippen molar-refractivity contribution < 1.29 is 9.59 Å². The summed E-state index contributed by atoms with van der Waals surface area (Å²) in [5.41, 5.74) is 0.0677. The van der Waals surface area contributed by atoms with Crippen LogP contribution in [0.1, 0.15) is 10.4 Å². The third-order valence-corrected chi connectivity index (χ3v) is 2.41. The minimum Gasteiger partial charge on any atom is -0.306 e. The molecule has 0 saturated carbocycles. The molecule has 7 heteroatoms. The number of ketones is 1.